The lowest BCUT2D eigenvalue weighted by atomic mass is 9.79. The van der Waals surface area contributed by atoms with E-state index in [4.69, 9.17) is 0 Å². The zero-order chi connectivity index (χ0) is 16.7. The number of hydrogen-bond acceptors (Lipinski definition) is 5. The summed E-state index contributed by atoms with van der Waals surface area (Å²) in [6.45, 7) is 5.55. The topological polar surface area (TPSA) is 66.5 Å². The number of nitrogens with zero attached hydrogens (tertiary/aromatic N) is 1. The zero-order valence-corrected chi connectivity index (χ0v) is 15.4. The Bertz CT molecular complexity index is 703. The van der Waals surface area contributed by atoms with Gasteiger partial charge >= 0.3 is 0 Å². The van der Waals surface area contributed by atoms with Crippen LogP contribution in [0.5, 0.6) is 0 Å². The van der Waals surface area contributed by atoms with Crippen molar-refractivity contribution in [3.8, 4) is 0 Å². The van der Waals surface area contributed by atoms with Gasteiger partial charge in [-0.15, -0.1) is 11.3 Å². The van der Waals surface area contributed by atoms with E-state index in [1.807, 2.05) is 11.8 Å². The maximum Gasteiger partial charge on any atom is 0.263 e. The van der Waals surface area contributed by atoms with Gasteiger partial charge in [0.2, 0.25) is 0 Å². The summed E-state index contributed by atoms with van der Waals surface area (Å²) < 4.78 is 23.0. The van der Waals surface area contributed by atoms with Crippen LogP contribution in [0.25, 0.3) is 0 Å². The molecule has 2 saturated heterocycles. The number of carbonyl (C=O) groups is 1. The van der Waals surface area contributed by atoms with Crippen LogP contribution >= 0.6 is 11.3 Å². The minimum Gasteiger partial charge on any atom is -0.337 e. The van der Waals surface area contributed by atoms with Gasteiger partial charge in [-0.25, -0.2) is 8.42 Å². The molecule has 1 aromatic heterocycles. The second kappa shape index (κ2) is 6.18. The highest BCUT2D eigenvalue weighted by Crippen LogP contribution is 2.36. The fourth-order valence-corrected chi connectivity index (χ4v) is 5.70. The van der Waals surface area contributed by atoms with Gasteiger partial charge in [0.1, 0.15) is 0 Å². The van der Waals surface area contributed by atoms with Gasteiger partial charge in [0, 0.05) is 36.2 Å². The van der Waals surface area contributed by atoms with Gasteiger partial charge in [0.15, 0.2) is 9.84 Å². The van der Waals surface area contributed by atoms with Gasteiger partial charge in [-0.2, -0.15) is 0 Å². The van der Waals surface area contributed by atoms with Gasteiger partial charge in [-0.3, -0.25) is 4.79 Å². The van der Waals surface area contributed by atoms with Crippen molar-refractivity contribution >= 4 is 27.1 Å². The lowest BCUT2D eigenvalue weighted by Gasteiger charge is -2.39. The SMILES string of the molecule is Cc1sc(C(=O)N2CCCC3(CCNC3)C2)cc1CS(C)(=O)=O. The Kier molecular flexibility index (Phi) is 4.55. The molecule has 7 heteroatoms. The quantitative estimate of drug-likeness (QED) is 0.897. The predicted molar refractivity (Wildman–Crippen MR) is 92.7 cm³/mol. The van der Waals surface area contributed by atoms with Crippen LogP contribution in [0.2, 0.25) is 0 Å². The average Bonchev–Trinajstić information content (AvgIpc) is 3.05. The highest BCUT2D eigenvalue weighted by Gasteiger charge is 2.39. The number of nitrogens with one attached hydrogen (secondary N) is 1. The number of thiophene rings is 1. The molecule has 2 aliphatic heterocycles. The third-order valence-electron chi connectivity index (χ3n) is 4.93. The molecule has 1 N–H and O–H groups in total. The van der Waals surface area contributed by atoms with Crippen LogP contribution in [-0.2, 0) is 15.6 Å². The standard InChI is InChI=1S/C16H24N2O3S2/c1-12-13(9-23(2,20)21)8-14(22-12)15(19)18-7-3-4-16(11-18)5-6-17-10-16/h8,17H,3-7,9-11H2,1-2H3. The number of sulfone groups is 1. The Balaban J connectivity index is 1.76. The van der Waals surface area contributed by atoms with Crippen molar-refractivity contribution in [1.82, 2.24) is 10.2 Å². The van der Waals surface area contributed by atoms with Crippen LogP contribution in [0.4, 0.5) is 0 Å². The fraction of sp³-hybridized carbons (Fsp3) is 0.688. The maximum atomic E-state index is 12.8. The van der Waals surface area contributed by atoms with Crippen molar-refractivity contribution in [2.75, 3.05) is 32.4 Å². The molecule has 23 heavy (non-hydrogen) atoms. The molecule has 0 saturated carbocycles. The Labute approximate surface area is 142 Å². The van der Waals surface area contributed by atoms with Gasteiger partial charge < -0.3 is 10.2 Å². The molecule has 2 fully saturated rings. The van der Waals surface area contributed by atoms with E-state index in [-0.39, 0.29) is 17.1 Å². The molecule has 1 unspecified atom stereocenters. The molecular formula is C16H24N2O3S2. The molecule has 0 aliphatic carbocycles. The first-order valence-electron chi connectivity index (χ1n) is 8.05. The van der Waals surface area contributed by atoms with Crippen molar-refractivity contribution in [2.24, 2.45) is 5.41 Å². The molecule has 0 bridgehead atoms. The van der Waals surface area contributed by atoms with E-state index in [2.05, 4.69) is 5.32 Å². The Morgan fingerprint density at radius 3 is 2.87 bits per heavy atom. The predicted octanol–water partition coefficient (Wildman–Crippen LogP) is 1.82. The molecule has 2 aliphatic rings. The van der Waals surface area contributed by atoms with Gasteiger partial charge in [0.05, 0.1) is 10.6 Å². The van der Waals surface area contributed by atoms with Crippen molar-refractivity contribution in [3.05, 3.63) is 21.4 Å². The van der Waals surface area contributed by atoms with E-state index >= 15 is 0 Å². The molecule has 0 radical (unpaired) electrons. The number of amides is 1. The van der Waals surface area contributed by atoms with E-state index in [0.717, 1.165) is 49.5 Å². The molecule has 1 amide bonds. The van der Waals surface area contributed by atoms with E-state index in [9.17, 15) is 13.2 Å². The molecule has 3 heterocycles. The lowest BCUT2D eigenvalue weighted by Crippen LogP contribution is -2.46. The van der Waals surface area contributed by atoms with Gasteiger partial charge in [-0.05, 0) is 44.4 Å². The summed E-state index contributed by atoms with van der Waals surface area (Å²) in [5.74, 6) is 0.0695. The molecule has 1 atom stereocenters. The van der Waals surface area contributed by atoms with Crippen molar-refractivity contribution in [2.45, 2.75) is 31.9 Å². The second-order valence-electron chi connectivity index (χ2n) is 7.02. The molecule has 5 nitrogen and oxygen atoms in total. The Hall–Kier alpha value is -0.920. The number of rotatable bonds is 3. The van der Waals surface area contributed by atoms with E-state index in [1.54, 1.807) is 6.07 Å². The first-order valence-corrected chi connectivity index (χ1v) is 10.9. The summed E-state index contributed by atoms with van der Waals surface area (Å²) in [4.78, 5) is 16.4. The number of aryl methyl sites for hydroxylation is 1. The highest BCUT2D eigenvalue weighted by atomic mass is 32.2. The van der Waals surface area contributed by atoms with Crippen LogP contribution in [0.15, 0.2) is 6.07 Å². The number of piperidine rings is 1. The summed E-state index contributed by atoms with van der Waals surface area (Å²) in [6.07, 6.45) is 4.60. The molecule has 3 rings (SSSR count). The van der Waals surface area contributed by atoms with E-state index in [0.29, 0.717) is 4.88 Å². The van der Waals surface area contributed by atoms with E-state index in [1.165, 1.54) is 24.0 Å². The molecule has 1 aromatic rings. The van der Waals surface area contributed by atoms with Crippen LogP contribution < -0.4 is 5.32 Å². The largest absolute Gasteiger partial charge is 0.337 e. The first-order chi connectivity index (χ1) is 10.8. The van der Waals surface area contributed by atoms with E-state index < -0.39 is 9.84 Å². The summed E-state index contributed by atoms with van der Waals surface area (Å²) in [5.41, 5.74) is 1.01. The van der Waals surface area contributed by atoms with Crippen LogP contribution in [-0.4, -0.2) is 51.7 Å². The highest BCUT2D eigenvalue weighted by molar-refractivity contribution is 7.89. The summed E-state index contributed by atoms with van der Waals surface area (Å²) in [6, 6.07) is 1.78. The molecular weight excluding hydrogens is 332 g/mol. The van der Waals surface area contributed by atoms with Gasteiger partial charge in [0.25, 0.3) is 5.91 Å². The minimum absolute atomic E-state index is 0.0104. The van der Waals surface area contributed by atoms with Crippen LogP contribution in [0.1, 0.15) is 39.4 Å². The number of hydrogen-bond donors (Lipinski definition) is 1. The first kappa shape index (κ1) is 16.9. The fourth-order valence-electron chi connectivity index (χ4n) is 3.73. The molecule has 128 valence electrons. The average molecular weight is 357 g/mol. The third kappa shape index (κ3) is 3.78. The van der Waals surface area contributed by atoms with Gasteiger partial charge in [-0.1, -0.05) is 0 Å². The zero-order valence-electron chi connectivity index (χ0n) is 13.7. The summed E-state index contributed by atoms with van der Waals surface area (Å²) in [7, 11) is -3.08. The third-order valence-corrected chi connectivity index (χ3v) is 6.85. The molecule has 1 spiro atoms. The van der Waals surface area contributed by atoms with Crippen molar-refractivity contribution in [1.29, 1.82) is 0 Å². The maximum absolute atomic E-state index is 12.8. The Morgan fingerprint density at radius 2 is 2.22 bits per heavy atom. The summed E-state index contributed by atoms with van der Waals surface area (Å²) >= 11 is 1.42. The van der Waals surface area contributed by atoms with Crippen molar-refractivity contribution < 1.29 is 13.2 Å². The summed E-state index contributed by atoms with van der Waals surface area (Å²) in [5, 5.41) is 3.42. The second-order valence-corrected chi connectivity index (χ2v) is 10.4. The van der Waals surface area contributed by atoms with Crippen molar-refractivity contribution in [3.63, 3.8) is 0 Å². The normalized spacial score (nSPS) is 25.2. The smallest absolute Gasteiger partial charge is 0.263 e. The number of likely N-dealkylation sites (tertiary alicyclic amines) is 1. The monoisotopic (exact) mass is 356 g/mol. The van der Waals surface area contributed by atoms with Crippen LogP contribution in [0, 0.1) is 12.3 Å². The molecule has 0 aromatic carbocycles. The number of carbonyl (C=O) groups excluding carboxylic acids is 1. The minimum atomic E-state index is -3.08. The lowest BCUT2D eigenvalue weighted by molar-refractivity contribution is 0.0558. The van der Waals surface area contributed by atoms with Crippen LogP contribution in [0.3, 0.4) is 0 Å². The Morgan fingerprint density at radius 1 is 1.43 bits per heavy atom.